The fourth-order valence-electron chi connectivity index (χ4n) is 2.29. The molecule has 3 rings (SSSR count). The molecule has 0 radical (unpaired) electrons. The van der Waals surface area contributed by atoms with Crippen molar-refractivity contribution in [1.29, 1.82) is 5.26 Å². The molecule has 0 unspecified atom stereocenters. The second-order valence-corrected chi connectivity index (χ2v) is 8.95. The van der Waals surface area contributed by atoms with E-state index < -0.39 is 15.8 Å². The van der Waals surface area contributed by atoms with E-state index in [1.165, 1.54) is 36.4 Å². The molecule has 0 spiro atoms. The Balaban J connectivity index is 2.12. The SMILES string of the molecule is Cc1cc2c(cc1Cl)SC(=C(C#N)C(=O)c1ccc(Cl)cc1)NS2(=O)=O. The van der Waals surface area contributed by atoms with E-state index in [9.17, 15) is 18.5 Å². The molecule has 2 aromatic carbocycles. The summed E-state index contributed by atoms with van der Waals surface area (Å²) in [7, 11) is -3.92. The Hall–Kier alpha value is -1.98. The third-order valence-corrected chi connectivity index (χ3v) is 7.00. The Morgan fingerprint density at radius 3 is 2.46 bits per heavy atom. The first kappa shape index (κ1) is 18.8. The van der Waals surface area contributed by atoms with Gasteiger partial charge in [0.2, 0.25) is 5.78 Å². The molecular formula is C17H10Cl2N2O3S2. The molecule has 0 aromatic heterocycles. The molecule has 0 fully saturated rings. The third-order valence-electron chi connectivity index (χ3n) is 3.63. The Bertz CT molecular complexity index is 1100. The van der Waals surface area contributed by atoms with Crippen LogP contribution in [0.5, 0.6) is 0 Å². The monoisotopic (exact) mass is 424 g/mol. The topological polar surface area (TPSA) is 87.0 Å². The molecule has 0 atom stereocenters. The van der Waals surface area contributed by atoms with Gasteiger partial charge in [-0.1, -0.05) is 35.0 Å². The molecule has 1 aliphatic heterocycles. The highest BCUT2D eigenvalue weighted by Gasteiger charge is 2.31. The average Bonchev–Trinajstić information content (AvgIpc) is 2.57. The predicted octanol–water partition coefficient (Wildman–Crippen LogP) is 4.30. The van der Waals surface area contributed by atoms with Gasteiger partial charge in [0.25, 0.3) is 10.0 Å². The van der Waals surface area contributed by atoms with Gasteiger partial charge < -0.3 is 0 Å². The van der Waals surface area contributed by atoms with Crippen molar-refractivity contribution in [1.82, 2.24) is 4.72 Å². The first-order valence-electron chi connectivity index (χ1n) is 7.18. The zero-order valence-electron chi connectivity index (χ0n) is 13.2. The van der Waals surface area contributed by atoms with Crippen LogP contribution in [0.2, 0.25) is 10.0 Å². The maximum absolute atomic E-state index is 12.6. The molecule has 2 aromatic rings. The number of thioether (sulfide) groups is 1. The van der Waals surface area contributed by atoms with Crippen LogP contribution in [0.25, 0.3) is 0 Å². The van der Waals surface area contributed by atoms with Crippen LogP contribution in [0.15, 0.2) is 56.8 Å². The van der Waals surface area contributed by atoms with E-state index in [-0.39, 0.29) is 21.1 Å². The standard InChI is InChI=1S/C17H10Cl2N2O3S2/c1-9-6-15-14(7-13(9)19)25-17(21-26(15,23)24)12(8-20)16(22)10-2-4-11(18)5-3-10/h2-7,21H,1H3. The number of ketones is 1. The summed E-state index contributed by atoms with van der Waals surface area (Å²) in [6, 6.07) is 10.7. The molecule has 26 heavy (non-hydrogen) atoms. The van der Waals surface area contributed by atoms with Gasteiger partial charge in [0.1, 0.15) is 21.6 Å². The van der Waals surface area contributed by atoms with Gasteiger partial charge in [0.05, 0.1) is 0 Å². The van der Waals surface area contributed by atoms with Crippen LogP contribution in [-0.2, 0) is 10.0 Å². The van der Waals surface area contributed by atoms with Crippen molar-refractivity contribution in [2.24, 2.45) is 0 Å². The van der Waals surface area contributed by atoms with E-state index in [1.54, 1.807) is 13.0 Å². The second kappa shape index (κ2) is 6.97. The van der Waals surface area contributed by atoms with Crippen molar-refractivity contribution in [2.75, 3.05) is 0 Å². The molecule has 1 N–H and O–H groups in total. The van der Waals surface area contributed by atoms with Crippen molar-refractivity contribution >= 4 is 50.8 Å². The number of carbonyl (C=O) groups is 1. The molecule has 0 bridgehead atoms. The fourth-order valence-corrected chi connectivity index (χ4v) is 5.50. The average molecular weight is 425 g/mol. The summed E-state index contributed by atoms with van der Waals surface area (Å²) in [6.07, 6.45) is 0. The normalized spacial score (nSPS) is 16.8. The highest BCUT2D eigenvalue weighted by molar-refractivity contribution is 8.05. The number of Topliss-reactive ketones (excluding diaryl/α,β-unsaturated/α-hetero) is 1. The molecule has 0 saturated carbocycles. The lowest BCUT2D eigenvalue weighted by Gasteiger charge is -2.21. The molecule has 9 heteroatoms. The van der Waals surface area contributed by atoms with Crippen molar-refractivity contribution < 1.29 is 13.2 Å². The number of nitrogens with one attached hydrogen (secondary N) is 1. The highest BCUT2D eigenvalue weighted by atomic mass is 35.5. The largest absolute Gasteiger partial charge is 0.288 e. The van der Waals surface area contributed by atoms with Crippen LogP contribution < -0.4 is 4.72 Å². The molecule has 1 aliphatic rings. The second-order valence-electron chi connectivity index (χ2n) is 5.41. The smallest absolute Gasteiger partial charge is 0.263 e. The van der Waals surface area contributed by atoms with Crippen LogP contribution >= 0.6 is 35.0 Å². The number of carbonyl (C=O) groups excluding carboxylic acids is 1. The number of benzene rings is 2. The van der Waals surface area contributed by atoms with E-state index in [0.29, 0.717) is 20.5 Å². The quantitative estimate of drug-likeness (QED) is 0.440. The van der Waals surface area contributed by atoms with Crippen molar-refractivity contribution in [3.63, 3.8) is 0 Å². The Morgan fingerprint density at radius 1 is 1.19 bits per heavy atom. The summed E-state index contributed by atoms with van der Waals surface area (Å²) in [6.45, 7) is 1.69. The Morgan fingerprint density at radius 2 is 1.85 bits per heavy atom. The maximum atomic E-state index is 12.6. The first-order chi connectivity index (χ1) is 12.2. The minimum absolute atomic E-state index is 0.0557. The zero-order valence-corrected chi connectivity index (χ0v) is 16.4. The van der Waals surface area contributed by atoms with Crippen molar-refractivity contribution in [3.05, 3.63) is 68.2 Å². The summed E-state index contributed by atoms with van der Waals surface area (Å²) in [5.74, 6) is -0.601. The predicted molar refractivity (Wildman–Crippen MR) is 101 cm³/mol. The van der Waals surface area contributed by atoms with Gasteiger partial charge in [-0.05, 0) is 48.9 Å². The van der Waals surface area contributed by atoms with E-state index >= 15 is 0 Å². The summed E-state index contributed by atoms with van der Waals surface area (Å²) in [4.78, 5) is 13.0. The summed E-state index contributed by atoms with van der Waals surface area (Å²) >= 11 is 12.9. The molecule has 0 amide bonds. The van der Waals surface area contributed by atoms with Crippen LogP contribution in [-0.4, -0.2) is 14.2 Å². The van der Waals surface area contributed by atoms with Gasteiger partial charge in [-0.25, -0.2) is 8.42 Å². The van der Waals surface area contributed by atoms with E-state index in [1.807, 2.05) is 0 Å². The summed E-state index contributed by atoms with van der Waals surface area (Å²) in [5, 5.41) is 10.2. The zero-order chi connectivity index (χ0) is 19.1. The number of nitrogens with zero attached hydrogens (tertiary/aromatic N) is 1. The number of nitriles is 1. The van der Waals surface area contributed by atoms with Gasteiger partial charge in [-0.15, -0.1) is 0 Å². The molecule has 132 valence electrons. The third kappa shape index (κ3) is 3.46. The highest BCUT2D eigenvalue weighted by Crippen LogP contribution is 2.40. The molecule has 1 heterocycles. The number of allylic oxidation sites excluding steroid dienone is 1. The van der Waals surface area contributed by atoms with Crippen molar-refractivity contribution in [2.45, 2.75) is 16.7 Å². The van der Waals surface area contributed by atoms with E-state index in [0.717, 1.165) is 11.8 Å². The van der Waals surface area contributed by atoms with Gasteiger partial charge in [0.15, 0.2) is 0 Å². The van der Waals surface area contributed by atoms with Crippen LogP contribution in [0.1, 0.15) is 15.9 Å². The number of sulfonamides is 1. The lowest BCUT2D eigenvalue weighted by molar-refractivity contribution is 0.103. The fraction of sp³-hybridized carbons (Fsp3) is 0.0588. The maximum Gasteiger partial charge on any atom is 0.263 e. The molecule has 0 aliphatic carbocycles. The number of fused-ring (bicyclic) bond motifs is 1. The number of hydrogen-bond acceptors (Lipinski definition) is 5. The number of hydrogen-bond donors (Lipinski definition) is 1. The Labute approximate surface area is 164 Å². The minimum Gasteiger partial charge on any atom is -0.288 e. The van der Waals surface area contributed by atoms with E-state index in [4.69, 9.17) is 23.2 Å². The lowest BCUT2D eigenvalue weighted by Crippen LogP contribution is -2.28. The van der Waals surface area contributed by atoms with Crippen molar-refractivity contribution in [3.8, 4) is 6.07 Å². The summed E-state index contributed by atoms with van der Waals surface area (Å²) in [5.41, 5.74) is 0.538. The van der Waals surface area contributed by atoms with E-state index in [2.05, 4.69) is 4.72 Å². The Kier molecular flexibility index (Phi) is 5.04. The number of halogens is 2. The van der Waals surface area contributed by atoms with Gasteiger partial charge in [0, 0.05) is 20.5 Å². The van der Waals surface area contributed by atoms with Crippen LogP contribution in [0.3, 0.4) is 0 Å². The summed E-state index contributed by atoms with van der Waals surface area (Å²) < 4.78 is 27.4. The minimum atomic E-state index is -3.92. The molecular weight excluding hydrogens is 415 g/mol. The van der Waals surface area contributed by atoms with Crippen LogP contribution in [0.4, 0.5) is 0 Å². The molecule has 0 saturated heterocycles. The molecule has 5 nitrogen and oxygen atoms in total. The van der Waals surface area contributed by atoms with Gasteiger partial charge in [-0.3, -0.25) is 9.52 Å². The lowest BCUT2D eigenvalue weighted by atomic mass is 10.1. The first-order valence-corrected chi connectivity index (χ1v) is 10.2. The van der Waals surface area contributed by atoms with Crippen LogP contribution in [0, 0.1) is 18.3 Å². The van der Waals surface area contributed by atoms with Gasteiger partial charge >= 0.3 is 0 Å². The van der Waals surface area contributed by atoms with Gasteiger partial charge in [-0.2, -0.15) is 5.26 Å². The number of rotatable bonds is 2. The number of aryl methyl sites for hydroxylation is 1.